The Kier molecular flexibility index (Phi) is 7.96. The number of hydrogen-bond acceptors (Lipinski definition) is 7. The minimum absolute atomic E-state index is 0. The van der Waals surface area contributed by atoms with Crippen LogP contribution in [0, 0.1) is 10.1 Å². The fraction of sp³-hybridized carbons (Fsp3) is 0.263. The number of halogens is 2. The van der Waals surface area contributed by atoms with Gasteiger partial charge in [-0.1, -0.05) is 22.9 Å². The number of likely N-dealkylation sites (N-methyl/N-ethyl adjacent to an activating group) is 1. The minimum atomic E-state index is -0.554. The van der Waals surface area contributed by atoms with Crippen LogP contribution in [0.3, 0.4) is 0 Å². The lowest BCUT2D eigenvalue weighted by molar-refractivity contribution is -0.384. The molecule has 0 radical (unpaired) electrons. The average molecular weight is 471 g/mol. The number of fused-ring (bicyclic) bond motifs is 1. The standard InChI is InChI=1S/C19H19ClN4O4S.ClH/c1-22(2)8-9-23(18(25)14-10-12(24(26)27)4-6-15(14)20)19-21-16-11-13(28-3)5-7-17(16)29-19;/h4-7,10-11H,8-9H2,1-3H3;1H. The number of aromatic nitrogens is 1. The first-order valence-corrected chi connectivity index (χ1v) is 9.84. The Labute approximate surface area is 188 Å². The number of anilines is 1. The molecule has 0 aliphatic rings. The molecule has 0 spiro atoms. The summed E-state index contributed by atoms with van der Waals surface area (Å²) >= 11 is 7.55. The lowest BCUT2D eigenvalue weighted by Crippen LogP contribution is -2.37. The summed E-state index contributed by atoms with van der Waals surface area (Å²) < 4.78 is 6.13. The molecule has 2 aromatic carbocycles. The van der Waals surface area contributed by atoms with Crippen LogP contribution in [0.25, 0.3) is 10.2 Å². The maximum Gasteiger partial charge on any atom is 0.270 e. The molecule has 11 heteroatoms. The average Bonchev–Trinajstić information content (AvgIpc) is 3.10. The summed E-state index contributed by atoms with van der Waals surface area (Å²) in [4.78, 5) is 31.9. The molecule has 0 atom stereocenters. The first kappa shape index (κ1) is 23.8. The van der Waals surface area contributed by atoms with Gasteiger partial charge in [-0.2, -0.15) is 0 Å². The molecule has 30 heavy (non-hydrogen) atoms. The van der Waals surface area contributed by atoms with E-state index in [0.29, 0.717) is 29.5 Å². The van der Waals surface area contributed by atoms with Gasteiger partial charge in [-0.05, 0) is 32.3 Å². The highest BCUT2D eigenvalue weighted by atomic mass is 35.5. The number of carbonyl (C=O) groups excluding carboxylic acids is 1. The molecule has 1 aromatic heterocycles. The van der Waals surface area contributed by atoms with E-state index in [0.717, 1.165) is 4.70 Å². The number of benzene rings is 2. The Hall–Kier alpha value is -2.46. The van der Waals surface area contributed by atoms with Crippen LogP contribution in [0.15, 0.2) is 36.4 Å². The van der Waals surface area contributed by atoms with Crippen molar-refractivity contribution < 1.29 is 14.5 Å². The van der Waals surface area contributed by atoms with Crippen molar-refractivity contribution in [2.45, 2.75) is 0 Å². The van der Waals surface area contributed by atoms with Gasteiger partial charge in [-0.25, -0.2) is 4.98 Å². The molecule has 3 aromatic rings. The zero-order valence-electron chi connectivity index (χ0n) is 16.5. The first-order valence-electron chi connectivity index (χ1n) is 8.65. The van der Waals surface area contributed by atoms with Crippen LogP contribution < -0.4 is 9.64 Å². The molecule has 0 saturated carbocycles. The van der Waals surface area contributed by atoms with Crippen LogP contribution in [0.4, 0.5) is 10.8 Å². The van der Waals surface area contributed by atoms with Crippen molar-refractivity contribution in [1.29, 1.82) is 0 Å². The van der Waals surface area contributed by atoms with Gasteiger partial charge in [0.05, 0.1) is 32.8 Å². The highest BCUT2D eigenvalue weighted by Gasteiger charge is 2.25. The maximum atomic E-state index is 13.3. The van der Waals surface area contributed by atoms with Gasteiger partial charge in [0.1, 0.15) is 5.75 Å². The summed E-state index contributed by atoms with van der Waals surface area (Å²) in [6, 6.07) is 9.33. The van der Waals surface area contributed by atoms with Crippen LogP contribution in [0.5, 0.6) is 5.75 Å². The van der Waals surface area contributed by atoms with E-state index in [1.165, 1.54) is 34.4 Å². The van der Waals surface area contributed by atoms with Crippen LogP contribution in [-0.2, 0) is 0 Å². The van der Waals surface area contributed by atoms with E-state index in [-0.39, 0.29) is 28.7 Å². The van der Waals surface area contributed by atoms with Crippen molar-refractivity contribution in [3.8, 4) is 5.75 Å². The second-order valence-electron chi connectivity index (χ2n) is 6.51. The van der Waals surface area contributed by atoms with Gasteiger partial charge in [-0.15, -0.1) is 12.4 Å². The largest absolute Gasteiger partial charge is 0.497 e. The van der Waals surface area contributed by atoms with E-state index < -0.39 is 10.8 Å². The predicted octanol–water partition coefficient (Wildman–Crippen LogP) is 4.50. The highest BCUT2D eigenvalue weighted by Crippen LogP contribution is 2.33. The predicted molar refractivity (Wildman–Crippen MR) is 122 cm³/mol. The summed E-state index contributed by atoms with van der Waals surface area (Å²) in [5.74, 6) is 0.230. The third-order valence-electron chi connectivity index (χ3n) is 4.22. The topological polar surface area (TPSA) is 88.8 Å². The Morgan fingerprint density at radius 1 is 1.23 bits per heavy atom. The number of nitrogens with zero attached hydrogens (tertiary/aromatic N) is 4. The van der Waals surface area contributed by atoms with Crippen LogP contribution in [0.2, 0.25) is 5.02 Å². The van der Waals surface area contributed by atoms with Gasteiger partial charge in [0.2, 0.25) is 0 Å². The molecule has 160 valence electrons. The second-order valence-corrected chi connectivity index (χ2v) is 7.93. The molecular formula is C19H20Cl2N4O4S. The quantitative estimate of drug-likeness (QED) is 0.373. The number of non-ortho nitro benzene ring substituents is 1. The molecule has 0 aliphatic carbocycles. The molecule has 0 bridgehead atoms. The molecule has 0 unspecified atom stereocenters. The minimum Gasteiger partial charge on any atom is -0.497 e. The number of rotatable bonds is 7. The molecule has 0 fully saturated rings. The number of ether oxygens (including phenoxy) is 1. The van der Waals surface area contributed by atoms with E-state index >= 15 is 0 Å². The molecule has 0 N–H and O–H groups in total. The van der Waals surface area contributed by atoms with Crippen molar-refractivity contribution in [3.63, 3.8) is 0 Å². The summed E-state index contributed by atoms with van der Waals surface area (Å²) in [6.45, 7) is 0.930. The normalized spacial score (nSPS) is 10.7. The lowest BCUT2D eigenvalue weighted by Gasteiger charge is -2.22. The van der Waals surface area contributed by atoms with Crippen LogP contribution in [0.1, 0.15) is 10.4 Å². The highest BCUT2D eigenvalue weighted by molar-refractivity contribution is 7.22. The molecule has 3 rings (SSSR count). The fourth-order valence-corrected chi connectivity index (χ4v) is 3.83. The van der Waals surface area contributed by atoms with Crippen molar-refractivity contribution in [2.75, 3.05) is 39.2 Å². The number of nitro groups is 1. The Morgan fingerprint density at radius 2 is 1.97 bits per heavy atom. The van der Waals surface area contributed by atoms with Crippen molar-refractivity contribution in [1.82, 2.24) is 9.88 Å². The number of hydrogen-bond donors (Lipinski definition) is 0. The van der Waals surface area contributed by atoms with E-state index in [2.05, 4.69) is 4.98 Å². The fourth-order valence-electron chi connectivity index (χ4n) is 2.66. The van der Waals surface area contributed by atoms with Crippen molar-refractivity contribution in [2.24, 2.45) is 0 Å². The SMILES string of the molecule is COc1ccc2sc(N(CCN(C)C)C(=O)c3cc([N+](=O)[O-])ccc3Cl)nc2c1.Cl. The number of thiazole rings is 1. The number of carbonyl (C=O) groups is 1. The van der Waals surface area contributed by atoms with Crippen molar-refractivity contribution in [3.05, 3.63) is 57.1 Å². The second kappa shape index (κ2) is 10.0. The Balaban J connectivity index is 0.00000320. The molecule has 0 aliphatic heterocycles. The molecule has 1 heterocycles. The Morgan fingerprint density at radius 3 is 2.60 bits per heavy atom. The van der Waals surface area contributed by atoms with Gasteiger partial charge >= 0.3 is 0 Å². The monoisotopic (exact) mass is 470 g/mol. The van der Waals surface area contributed by atoms with E-state index in [1.807, 2.05) is 31.1 Å². The van der Waals surface area contributed by atoms with Gasteiger partial charge in [0.25, 0.3) is 11.6 Å². The smallest absolute Gasteiger partial charge is 0.270 e. The zero-order chi connectivity index (χ0) is 21.1. The van der Waals surface area contributed by atoms with Crippen LogP contribution >= 0.6 is 35.3 Å². The van der Waals surface area contributed by atoms with Gasteiger partial charge in [-0.3, -0.25) is 19.8 Å². The van der Waals surface area contributed by atoms with Crippen LogP contribution in [-0.4, -0.2) is 55.0 Å². The third kappa shape index (κ3) is 5.17. The van der Waals surface area contributed by atoms with Gasteiger partial charge in [0.15, 0.2) is 5.13 Å². The first-order chi connectivity index (χ1) is 13.8. The maximum absolute atomic E-state index is 13.3. The van der Waals surface area contributed by atoms with E-state index in [9.17, 15) is 14.9 Å². The lowest BCUT2D eigenvalue weighted by atomic mass is 10.1. The zero-order valence-corrected chi connectivity index (χ0v) is 18.9. The molecule has 0 saturated heterocycles. The van der Waals surface area contributed by atoms with E-state index in [1.54, 1.807) is 13.2 Å². The molecule has 8 nitrogen and oxygen atoms in total. The molecular weight excluding hydrogens is 451 g/mol. The van der Waals surface area contributed by atoms with Gasteiger partial charge in [0, 0.05) is 31.3 Å². The van der Waals surface area contributed by atoms with E-state index in [4.69, 9.17) is 16.3 Å². The summed E-state index contributed by atoms with van der Waals surface area (Å²) in [5, 5.41) is 11.8. The van der Waals surface area contributed by atoms with Crippen molar-refractivity contribution >= 4 is 62.3 Å². The Bertz CT molecular complexity index is 1070. The number of methoxy groups -OCH3 is 1. The molecule has 1 amide bonds. The summed E-state index contributed by atoms with van der Waals surface area (Å²) in [6.07, 6.45) is 0. The van der Waals surface area contributed by atoms with Gasteiger partial charge < -0.3 is 9.64 Å². The third-order valence-corrected chi connectivity index (χ3v) is 5.61. The summed E-state index contributed by atoms with van der Waals surface area (Å²) in [5.41, 5.74) is 0.577. The number of amides is 1. The summed E-state index contributed by atoms with van der Waals surface area (Å²) in [7, 11) is 5.37. The number of nitro benzene ring substituents is 1.